The van der Waals surface area contributed by atoms with Gasteiger partial charge < -0.3 is 24.2 Å². The summed E-state index contributed by atoms with van der Waals surface area (Å²) in [5, 5.41) is 10.2. The molecule has 1 aromatic heterocycles. The maximum atomic E-state index is 16.2. The van der Waals surface area contributed by atoms with Crippen molar-refractivity contribution in [2.24, 2.45) is 5.92 Å². The first-order valence-electron chi connectivity index (χ1n) is 14.4. The van der Waals surface area contributed by atoms with Gasteiger partial charge in [-0.3, -0.25) is 0 Å². The molecule has 250 valence electrons. The number of methoxy groups -OCH3 is 2. The van der Waals surface area contributed by atoms with Crippen LogP contribution < -0.4 is 18.5 Å². The van der Waals surface area contributed by atoms with Crippen LogP contribution in [-0.2, 0) is 16.6 Å². The molecule has 0 saturated carbocycles. The van der Waals surface area contributed by atoms with Crippen LogP contribution in [0, 0.1) is 24.5 Å². The number of anilines is 1. The van der Waals surface area contributed by atoms with Crippen molar-refractivity contribution in [1.29, 1.82) is 0 Å². The van der Waals surface area contributed by atoms with E-state index in [-0.39, 0.29) is 37.3 Å². The van der Waals surface area contributed by atoms with Gasteiger partial charge in [-0.2, -0.15) is 0 Å². The summed E-state index contributed by atoms with van der Waals surface area (Å²) in [6.45, 7) is 1.56. The van der Waals surface area contributed by atoms with E-state index in [0.29, 0.717) is 39.4 Å². The van der Waals surface area contributed by atoms with E-state index in [1.807, 2.05) is 12.1 Å². The summed E-state index contributed by atoms with van der Waals surface area (Å²) < 4.78 is 76.9. The van der Waals surface area contributed by atoms with E-state index in [4.69, 9.17) is 25.8 Å². The Bertz CT molecular complexity index is 1860. The Balaban J connectivity index is 1.48. The van der Waals surface area contributed by atoms with E-state index in [2.05, 4.69) is 4.98 Å². The predicted octanol–water partition coefficient (Wildman–Crippen LogP) is 6.96. The largest absolute Gasteiger partial charge is 0.497 e. The molecule has 4 aromatic rings. The normalized spacial score (nSPS) is 16.5. The molecule has 1 amide bonds. The molecule has 1 aliphatic heterocycles. The van der Waals surface area contributed by atoms with Crippen LogP contribution in [0.1, 0.15) is 28.3 Å². The van der Waals surface area contributed by atoms with E-state index in [1.54, 1.807) is 37.3 Å². The van der Waals surface area contributed by atoms with Crippen LogP contribution in [0.4, 0.5) is 18.7 Å². The molecule has 0 radical (unpaired) electrons. The van der Waals surface area contributed by atoms with Crippen molar-refractivity contribution >= 4 is 44.2 Å². The maximum Gasteiger partial charge on any atom is 0.407 e. The second kappa shape index (κ2) is 14.3. The number of aryl methyl sites for hydroxylation is 1. The lowest BCUT2D eigenvalue weighted by Gasteiger charge is -2.37. The molecule has 1 saturated heterocycles. The van der Waals surface area contributed by atoms with Crippen molar-refractivity contribution in [3.05, 3.63) is 93.5 Å². The topological polar surface area (TPSA) is 118 Å². The molecule has 3 aromatic carbocycles. The average molecular weight is 708 g/mol. The van der Waals surface area contributed by atoms with Crippen LogP contribution in [0.15, 0.2) is 65.7 Å². The summed E-state index contributed by atoms with van der Waals surface area (Å²) in [5.41, 5.74) is 1.31. The van der Waals surface area contributed by atoms with Crippen LogP contribution in [0.5, 0.6) is 17.2 Å². The van der Waals surface area contributed by atoms with Crippen molar-refractivity contribution in [1.82, 2.24) is 9.88 Å². The smallest absolute Gasteiger partial charge is 0.407 e. The lowest BCUT2D eigenvalue weighted by Crippen LogP contribution is -2.44. The highest BCUT2D eigenvalue weighted by Gasteiger charge is 2.36. The Hall–Kier alpha value is -4.14. The van der Waals surface area contributed by atoms with Crippen molar-refractivity contribution < 1.29 is 41.3 Å². The molecule has 15 heteroatoms. The summed E-state index contributed by atoms with van der Waals surface area (Å²) in [5.74, 6) is -2.79. The molecule has 0 bridgehead atoms. The molecule has 1 unspecified atom stereocenters. The van der Waals surface area contributed by atoms with Gasteiger partial charge in [-0.05, 0) is 55.2 Å². The van der Waals surface area contributed by atoms with Gasteiger partial charge in [0, 0.05) is 52.8 Å². The number of benzene rings is 3. The van der Waals surface area contributed by atoms with Crippen molar-refractivity contribution in [3.8, 4) is 17.2 Å². The second-order valence-corrected chi connectivity index (χ2v) is 14.4. The summed E-state index contributed by atoms with van der Waals surface area (Å²) in [4.78, 5) is 17.0. The quantitative estimate of drug-likeness (QED) is 0.178. The Kier molecular flexibility index (Phi) is 10.4. The second-order valence-electron chi connectivity index (χ2n) is 10.9. The lowest BCUT2D eigenvalue weighted by atomic mass is 9.81. The number of halogens is 3. The van der Waals surface area contributed by atoms with Gasteiger partial charge in [0.1, 0.15) is 22.2 Å². The number of hydrogen-bond donors (Lipinski definition) is 1. The van der Waals surface area contributed by atoms with Gasteiger partial charge >= 0.3 is 6.09 Å². The molecule has 47 heavy (non-hydrogen) atoms. The number of likely N-dealkylation sites (tertiary alicyclic amines) is 1. The molecule has 1 N–H and O–H groups in total. The molecule has 0 spiro atoms. The fraction of sp³-hybridized carbons (Fsp3) is 0.312. The summed E-state index contributed by atoms with van der Waals surface area (Å²) in [6.07, 6.45) is 0.830. The van der Waals surface area contributed by atoms with Crippen molar-refractivity contribution in [3.63, 3.8) is 0 Å². The minimum atomic E-state index is -4.78. The zero-order valence-corrected chi connectivity index (χ0v) is 28.0. The molecule has 10 nitrogen and oxygen atoms in total. The molecule has 1 fully saturated rings. The highest BCUT2D eigenvalue weighted by atomic mass is 35.5. The minimum absolute atomic E-state index is 0.0354. The number of aromatic nitrogens is 1. The van der Waals surface area contributed by atoms with Gasteiger partial charge in [-0.25, -0.2) is 31.3 Å². The van der Waals surface area contributed by atoms with Gasteiger partial charge in [-0.1, -0.05) is 23.7 Å². The third kappa shape index (κ3) is 7.55. The molecule has 5 rings (SSSR count). The van der Waals surface area contributed by atoms with Gasteiger partial charge in [0.25, 0.3) is 10.0 Å². The number of carboxylic acid groups (broad SMARTS) is 1. The van der Waals surface area contributed by atoms with Gasteiger partial charge in [0.05, 0.1) is 27.4 Å². The highest BCUT2D eigenvalue weighted by molar-refractivity contribution is 7.93. The van der Waals surface area contributed by atoms with Crippen molar-refractivity contribution in [2.75, 3.05) is 38.2 Å². The van der Waals surface area contributed by atoms with Gasteiger partial charge in [0.15, 0.2) is 16.7 Å². The summed E-state index contributed by atoms with van der Waals surface area (Å²) in [6, 6.07) is 13.3. The number of thiazole rings is 1. The highest BCUT2D eigenvalue weighted by Crippen LogP contribution is 2.38. The fourth-order valence-electron chi connectivity index (χ4n) is 5.52. The predicted molar refractivity (Wildman–Crippen MR) is 174 cm³/mol. The maximum absolute atomic E-state index is 16.2. The fourth-order valence-corrected chi connectivity index (χ4v) is 8.11. The van der Waals surface area contributed by atoms with Crippen LogP contribution in [0.3, 0.4) is 0 Å². The number of nitrogens with zero attached hydrogens (tertiary/aromatic N) is 3. The lowest BCUT2D eigenvalue weighted by molar-refractivity contribution is 0.0926. The van der Waals surface area contributed by atoms with E-state index in [9.17, 15) is 18.3 Å². The first-order chi connectivity index (χ1) is 22.4. The zero-order chi connectivity index (χ0) is 33.9. The molecule has 0 aliphatic carbocycles. The van der Waals surface area contributed by atoms with E-state index in [0.717, 1.165) is 27.3 Å². The standard InChI is InChI=1S/C32H32ClF2N3O7S2/c1-19-15-36-31(46-19)38(17-21-6-9-25(43-2)14-27(21)44-3)47(41,42)29-13-24(34)12-28(30(29)35)45-18-22-16-37(32(39)40)11-10-26(22)20-4-7-23(33)8-5-20/h4-9,12-15,22,26H,10-11,16-18H2,1-3H3,(H,39,40)/t22?,26-/m1/s1. The summed E-state index contributed by atoms with van der Waals surface area (Å²) >= 11 is 7.12. The monoisotopic (exact) mass is 707 g/mol. The van der Waals surface area contributed by atoms with Gasteiger partial charge in [-0.15, -0.1) is 11.3 Å². The number of hydrogen-bond acceptors (Lipinski definition) is 8. The average Bonchev–Trinajstić information content (AvgIpc) is 3.49. The third-order valence-electron chi connectivity index (χ3n) is 7.92. The number of sulfonamides is 1. The molecule has 1 aliphatic rings. The van der Waals surface area contributed by atoms with Crippen LogP contribution in [0.25, 0.3) is 0 Å². The van der Waals surface area contributed by atoms with Crippen LogP contribution >= 0.6 is 22.9 Å². The number of rotatable bonds is 11. The SMILES string of the molecule is COc1ccc(CN(c2ncc(C)s2)S(=O)(=O)c2cc(F)cc(OCC3CN(C(=O)O)CC[C@@H]3c3ccc(Cl)cc3)c2F)c(OC)c1. The van der Waals surface area contributed by atoms with E-state index >= 15 is 8.78 Å². The number of piperidine rings is 1. The third-order valence-corrected chi connectivity index (χ3v) is 11.0. The minimum Gasteiger partial charge on any atom is -0.497 e. The molecule has 2 heterocycles. The molecular weight excluding hydrogens is 676 g/mol. The number of amides is 1. The molecular formula is C32H32ClF2N3O7S2. The summed E-state index contributed by atoms with van der Waals surface area (Å²) in [7, 11) is -1.88. The van der Waals surface area contributed by atoms with E-state index < -0.39 is 44.3 Å². The first-order valence-corrected chi connectivity index (χ1v) is 17.1. The van der Waals surface area contributed by atoms with Crippen molar-refractivity contribution in [2.45, 2.75) is 30.7 Å². The van der Waals surface area contributed by atoms with Gasteiger partial charge in [0.2, 0.25) is 0 Å². The Morgan fingerprint density at radius 3 is 2.49 bits per heavy atom. The van der Waals surface area contributed by atoms with Crippen LogP contribution in [-0.4, -0.2) is 63.4 Å². The Labute approximate surface area is 280 Å². The number of carbonyl (C=O) groups is 1. The first kappa shape index (κ1) is 34.2. The van der Waals surface area contributed by atoms with E-state index in [1.165, 1.54) is 25.3 Å². The zero-order valence-electron chi connectivity index (χ0n) is 25.7. The Morgan fingerprint density at radius 2 is 1.85 bits per heavy atom. The Morgan fingerprint density at radius 1 is 1.11 bits per heavy atom. The molecule has 2 atom stereocenters. The number of ether oxygens (including phenoxy) is 3. The van der Waals surface area contributed by atoms with Crippen LogP contribution in [0.2, 0.25) is 5.02 Å².